The van der Waals surface area contributed by atoms with Crippen LogP contribution in [0, 0.1) is 0 Å². The fraction of sp³-hybridized carbons (Fsp3) is 0.444. The Morgan fingerprint density at radius 2 is 2.23 bits per heavy atom. The summed E-state index contributed by atoms with van der Waals surface area (Å²) in [5.74, 6) is -0.231. The molecule has 13 heavy (non-hydrogen) atoms. The molecule has 0 amide bonds. The minimum absolute atomic E-state index is 0.185. The number of nitrogens with two attached hydrogens (primary N) is 1. The lowest BCUT2D eigenvalue weighted by atomic mass is 10.2. The largest absolute Gasteiger partial charge is 0.503 e. The van der Waals surface area contributed by atoms with E-state index >= 15 is 0 Å². The summed E-state index contributed by atoms with van der Waals surface area (Å²) in [6, 6.07) is 1.56. The second kappa shape index (κ2) is 3.62. The van der Waals surface area contributed by atoms with Crippen LogP contribution in [-0.4, -0.2) is 9.67 Å². The molecule has 1 aromatic rings. The lowest BCUT2D eigenvalue weighted by molar-refractivity contribution is 0.451. The second-order valence-electron chi connectivity index (χ2n) is 3.22. The normalized spacial score (nSPS) is 10.8. The zero-order chi connectivity index (χ0) is 10.0. The quantitative estimate of drug-likeness (QED) is 0.703. The van der Waals surface area contributed by atoms with Crippen LogP contribution in [0.1, 0.15) is 25.6 Å². The Morgan fingerprint density at radius 3 is 2.69 bits per heavy atom. The molecule has 0 bridgehead atoms. The highest BCUT2D eigenvalue weighted by molar-refractivity contribution is 5.20. The van der Waals surface area contributed by atoms with Crippen LogP contribution in [0.15, 0.2) is 17.1 Å². The Hall–Kier alpha value is -1.29. The van der Waals surface area contributed by atoms with E-state index in [9.17, 15) is 9.90 Å². The van der Waals surface area contributed by atoms with E-state index < -0.39 is 0 Å². The van der Waals surface area contributed by atoms with E-state index in [-0.39, 0.29) is 17.2 Å². The molecule has 4 heteroatoms. The fourth-order valence-corrected chi connectivity index (χ4v) is 1.22. The van der Waals surface area contributed by atoms with Gasteiger partial charge in [-0.2, -0.15) is 0 Å². The fourth-order valence-electron chi connectivity index (χ4n) is 1.22. The number of hydrogen-bond acceptors (Lipinski definition) is 3. The smallest absolute Gasteiger partial charge is 0.223 e. The van der Waals surface area contributed by atoms with Gasteiger partial charge < -0.3 is 15.4 Å². The summed E-state index contributed by atoms with van der Waals surface area (Å²) >= 11 is 0. The van der Waals surface area contributed by atoms with Crippen LogP contribution in [0.2, 0.25) is 0 Å². The molecule has 1 aromatic heterocycles. The van der Waals surface area contributed by atoms with Crippen LogP contribution >= 0.6 is 0 Å². The highest BCUT2D eigenvalue weighted by atomic mass is 16.3. The summed E-state index contributed by atoms with van der Waals surface area (Å²) in [5.41, 5.74) is 5.82. The third-order valence-corrected chi connectivity index (χ3v) is 1.91. The summed E-state index contributed by atoms with van der Waals surface area (Å²) in [6.07, 6.45) is 1.43. The van der Waals surface area contributed by atoms with Gasteiger partial charge in [0.1, 0.15) is 0 Å². The molecule has 0 aliphatic heterocycles. The van der Waals surface area contributed by atoms with Gasteiger partial charge in [-0.25, -0.2) is 0 Å². The van der Waals surface area contributed by atoms with Gasteiger partial charge in [-0.1, -0.05) is 0 Å². The van der Waals surface area contributed by atoms with Crippen LogP contribution in [0.5, 0.6) is 5.75 Å². The second-order valence-corrected chi connectivity index (χ2v) is 3.22. The van der Waals surface area contributed by atoms with E-state index in [4.69, 9.17) is 5.73 Å². The number of pyridine rings is 1. The molecule has 0 atom stereocenters. The topological polar surface area (TPSA) is 68.2 Å². The third kappa shape index (κ3) is 1.89. The molecule has 4 nitrogen and oxygen atoms in total. The Balaban J connectivity index is 3.33. The van der Waals surface area contributed by atoms with Crippen molar-refractivity contribution in [1.82, 2.24) is 4.57 Å². The standard InChI is InChI=1S/C9H14N2O2/c1-6(2)11-5-9(13)8(12)3-7(11)4-10/h3,5-6,13H,4,10H2,1-2H3. The summed E-state index contributed by atoms with van der Waals surface area (Å²) < 4.78 is 1.79. The zero-order valence-corrected chi connectivity index (χ0v) is 7.82. The Morgan fingerprint density at radius 1 is 1.62 bits per heavy atom. The Labute approximate surface area is 76.6 Å². The minimum Gasteiger partial charge on any atom is -0.503 e. The van der Waals surface area contributed by atoms with Crippen molar-refractivity contribution < 1.29 is 5.11 Å². The first-order valence-corrected chi connectivity index (χ1v) is 4.20. The van der Waals surface area contributed by atoms with E-state index in [1.807, 2.05) is 13.8 Å². The highest BCUT2D eigenvalue weighted by Gasteiger charge is 2.06. The summed E-state index contributed by atoms with van der Waals surface area (Å²) in [6.45, 7) is 4.22. The van der Waals surface area contributed by atoms with Crippen molar-refractivity contribution in [2.45, 2.75) is 26.4 Å². The molecule has 0 spiro atoms. The molecule has 0 aromatic carbocycles. The van der Waals surface area contributed by atoms with Crippen molar-refractivity contribution in [3.63, 3.8) is 0 Å². The van der Waals surface area contributed by atoms with Crippen LogP contribution in [0.25, 0.3) is 0 Å². The monoisotopic (exact) mass is 182 g/mol. The molecule has 1 rings (SSSR count). The lowest BCUT2D eigenvalue weighted by Gasteiger charge is -2.15. The first-order chi connectivity index (χ1) is 6.06. The summed E-state index contributed by atoms with van der Waals surface area (Å²) in [5, 5.41) is 9.19. The third-order valence-electron chi connectivity index (χ3n) is 1.91. The highest BCUT2D eigenvalue weighted by Crippen LogP contribution is 2.11. The van der Waals surface area contributed by atoms with Gasteiger partial charge in [-0.15, -0.1) is 0 Å². The molecule has 0 radical (unpaired) electrons. The average molecular weight is 182 g/mol. The number of aromatic hydroxyl groups is 1. The van der Waals surface area contributed by atoms with Gasteiger partial charge in [0.05, 0.1) is 6.20 Å². The van der Waals surface area contributed by atoms with Gasteiger partial charge in [-0.05, 0) is 13.8 Å². The van der Waals surface area contributed by atoms with Gasteiger partial charge in [0, 0.05) is 24.3 Å². The van der Waals surface area contributed by atoms with E-state index in [0.717, 1.165) is 5.69 Å². The Bertz CT molecular complexity index is 355. The predicted octanol–water partition coefficient (Wildman–Crippen LogP) is 0.594. The number of aromatic nitrogens is 1. The molecule has 0 aliphatic carbocycles. The van der Waals surface area contributed by atoms with Crippen molar-refractivity contribution >= 4 is 0 Å². The maximum absolute atomic E-state index is 11.1. The van der Waals surface area contributed by atoms with Crippen LogP contribution in [0.4, 0.5) is 0 Å². The van der Waals surface area contributed by atoms with Crippen molar-refractivity contribution in [3.05, 3.63) is 28.2 Å². The lowest BCUT2D eigenvalue weighted by Crippen LogP contribution is -2.16. The SMILES string of the molecule is CC(C)n1cc(O)c(=O)cc1CN. The van der Waals surface area contributed by atoms with E-state index in [2.05, 4.69) is 0 Å². The maximum atomic E-state index is 11.1. The van der Waals surface area contributed by atoms with Gasteiger partial charge >= 0.3 is 0 Å². The predicted molar refractivity (Wildman–Crippen MR) is 50.6 cm³/mol. The van der Waals surface area contributed by atoms with Crippen molar-refractivity contribution in [2.75, 3.05) is 0 Å². The van der Waals surface area contributed by atoms with E-state index in [1.165, 1.54) is 12.3 Å². The van der Waals surface area contributed by atoms with Crippen LogP contribution < -0.4 is 11.2 Å². The summed E-state index contributed by atoms with van der Waals surface area (Å²) in [4.78, 5) is 11.1. The van der Waals surface area contributed by atoms with Gasteiger partial charge in [-0.3, -0.25) is 4.79 Å². The van der Waals surface area contributed by atoms with Crippen molar-refractivity contribution in [1.29, 1.82) is 0 Å². The molecular formula is C9H14N2O2. The summed E-state index contributed by atoms with van der Waals surface area (Å²) in [7, 11) is 0. The van der Waals surface area contributed by atoms with Crippen LogP contribution in [-0.2, 0) is 6.54 Å². The number of hydrogen-bond donors (Lipinski definition) is 2. The molecule has 3 N–H and O–H groups in total. The van der Waals surface area contributed by atoms with E-state index in [0.29, 0.717) is 6.54 Å². The molecule has 1 heterocycles. The molecule has 0 saturated heterocycles. The molecule has 0 fully saturated rings. The minimum atomic E-state index is -0.377. The first-order valence-electron chi connectivity index (χ1n) is 4.20. The number of nitrogens with zero attached hydrogens (tertiary/aromatic N) is 1. The first kappa shape index (κ1) is 9.80. The zero-order valence-electron chi connectivity index (χ0n) is 7.82. The molecule has 0 unspecified atom stereocenters. The molecule has 72 valence electrons. The maximum Gasteiger partial charge on any atom is 0.223 e. The van der Waals surface area contributed by atoms with Gasteiger partial charge in [0.25, 0.3) is 0 Å². The van der Waals surface area contributed by atoms with Crippen molar-refractivity contribution in [3.8, 4) is 5.75 Å². The number of rotatable bonds is 2. The molecular weight excluding hydrogens is 168 g/mol. The van der Waals surface area contributed by atoms with Gasteiger partial charge in [0.15, 0.2) is 5.75 Å². The molecule has 0 aliphatic rings. The average Bonchev–Trinajstić information content (AvgIpc) is 2.08. The van der Waals surface area contributed by atoms with E-state index in [1.54, 1.807) is 4.57 Å². The Kier molecular flexibility index (Phi) is 2.72. The van der Waals surface area contributed by atoms with Crippen LogP contribution in [0.3, 0.4) is 0 Å². The van der Waals surface area contributed by atoms with Gasteiger partial charge in [0.2, 0.25) is 5.43 Å². The molecule has 0 saturated carbocycles. The van der Waals surface area contributed by atoms with Crippen molar-refractivity contribution in [2.24, 2.45) is 5.73 Å².